The first kappa shape index (κ1) is 39.1. The Morgan fingerprint density at radius 3 is 2.49 bits per heavy atom. The highest BCUT2D eigenvalue weighted by Crippen LogP contribution is 2.43. The fraction of sp³-hybridized carbons (Fsp3) is 0.422. The molecule has 4 saturated heterocycles. The van der Waals surface area contributed by atoms with Crippen LogP contribution in [0.3, 0.4) is 0 Å². The zero-order valence-corrected chi connectivity index (χ0v) is 35.4. The minimum Gasteiger partial charge on any atom is -0.371 e. The number of nitrogens with zero attached hydrogens (tertiary/aromatic N) is 11. The summed E-state index contributed by atoms with van der Waals surface area (Å²) in [6, 6.07) is 14.2. The van der Waals surface area contributed by atoms with Crippen LogP contribution in [-0.2, 0) is 20.9 Å². The number of tetrazole rings is 1. The molecule has 1 unspecified atom stereocenters. The maximum atomic E-state index is 13.7. The first-order valence-corrected chi connectivity index (χ1v) is 21.7. The summed E-state index contributed by atoms with van der Waals surface area (Å²) in [5, 5.41) is 17.4. The average Bonchev–Trinajstić information content (AvgIpc) is 3.98. The summed E-state index contributed by atoms with van der Waals surface area (Å²) in [4.78, 5) is 84.1. The number of hydrogen-bond acceptors (Lipinski definition) is 14. The molecule has 7 aliphatic heterocycles. The van der Waals surface area contributed by atoms with E-state index in [1.54, 1.807) is 16.8 Å². The molecule has 2 aromatic heterocycles. The Kier molecular flexibility index (Phi) is 9.08. The second kappa shape index (κ2) is 14.6. The molecular formula is C45H47N13O5. The minimum atomic E-state index is -0.969. The van der Waals surface area contributed by atoms with Gasteiger partial charge in [-0.25, -0.2) is 9.67 Å². The largest absolute Gasteiger partial charge is 0.371 e. The normalized spacial score (nSPS) is 23.1. The third-order valence-corrected chi connectivity index (χ3v) is 14.2. The van der Waals surface area contributed by atoms with Gasteiger partial charge in [-0.3, -0.25) is 39.2 Å². The van der Waals surface area contributed by atoms with Crippen LogP contribution < -0.4 is 25.3 Å². The van der Waals surface area contributed by atoms with Gasteiger partial charge in [0.15, 0.2) is 0 Å². The highest BCUT2D eigenvalue weighted by Gasteiger charge is 2.52. The number of aromatic nitrogens is 5. The molecule has 2 N–H and O–H groups in total. The van der Waals surface area contributed by atoms with E-state index in [1.165, 1.54) is 0 Å². The van der Waals surface area contributed by atoms with Crippen LogP contribution in [0.25, 0.3) is 0 Å². The summed E-state index contributed by atoms with van der Waals surface area (Å²) < 4.78 is 1.66. The first-order chi connectivity index (χ1) is 30.4. The summed E-state index contributed by atoms with van der Waals surface area (Å²) in [5.41, 5.74) is 7.93. The predicted octanol–water partition coefficient (Wildman–Crippen LogP) is 2.78. The Morgan fingerprint density at radius 2 is 1.70 bits per heavy atom. The molecule has 18 nitrogen and oxygen atoms in total. The molecule has 0 radical (unpaired) electrons. The maximum absolute atomic E-state index is 13.7. The standard InChI is InChI=1S/C45H47N13O5/c1-25-38(26(2)58-44(53(25)3)50-51-52-58)41(61)48-30-5-4-29-19-47-39(33(29)17-30)28-10-13-46-36(16-28)56-23-45(24-56)21-54(22-45)20-27-11-14-55(15-12-27)31-6-7-32-34(18-31)43(63)57(42(32)62)35-8-9-37(59)49-40(35)60/h4-7,10,13,16-18,26-27,35H,8-9,11-12,14-15,19-24H2,1-3H3,(H,48,61)(H,49,59,60)/t26-,35?/m1/s1. The van der Waals surface area contributed by atoms with Gasteiger partial charge in [-0.1, -0.05) is 11.2 Å². The molecule has 1 spiro atoms. The molecule has 4 aromatic rings. The van der Waals surface area contributed by atoms with Crippen LogP contribution in [0.4, 0.5) is 23.1 Å². The zero-order chi connectivity index (χ0) is 43.3. The summed E-state index contributed by atoms with van der Waals surface area (Å²) in [7, 11) is 1.85. The van der Waals surface area contributed by atoms with Crippen molar-refractivity contribution in [2.75, 3.05) is 72.9 Å². The molecule has 2 atom stereocenters. The number of allylic oxidation sites excluding steroid dienone is 1. The van der Waals surface area contributed by atoms with E-state index in [2.05, 4.69) is 46.9 Å². The van der Waals surface area contributed by atoms with Crippen molar-refractivity contribution in [2.45, 2.75) is 58.2 Å². The number of aliphatic imine (C=N–C) groups is 1. The topological polar surface area (TPSA) is 194 Å². The molecule has 2 aromatic carbocycles. The van der Waals surface area contributed by atoms with Crippen molar-refractivity contribution in [3.05, 3.63) is 93.8 Å². The summed E-state index contributed by atoms with van der Waals surface area (Å²) in [5.74, 6) is -0.0174. The Hall–Kier alpha value is -6.82. The molecular weight excluding hydrogens is 803 g/mol. The number of imide groups is 2. The number of carbonyl (C=O) groups excluding carboxylic acids is 5. The van der Waals surface area contributed by atoms with Crippen LogP contribution in [0.1, 0.15) is 83.0 Å². The maximum Gasteiger partial charge on any atom is 0.262 e. The van der Waals surface area contributed by atoms with Crippen LogP contribution in [0, 0.1) is 11.3 Å². The van der Waals surface area contributed by atoms with Gasteiger partial charge in [-0.2, -0.15) is 0 Å². The van der Waals surface area contributed by atoms with Crippen molar-refractivity contribution >= 4 is 58.4 Å². The van der Waals surface area contributed by atoms with E-state index in [0.29, 0.717) is 40.8 Å². The van der Waals surface area contributed by atoms with Crippen LogP contribution in [0.5, 0.6) is 0 Å². The molecule has 4 fully saturated rings. The highest BCUT2D eigenvalue weighted by molar-refractivity contribution is 6.24. The molecule has 0 saturated carbocycles. The SMILES string of the molecule is CC1=C(C(=O)Nc2ccc3c(c2)C(c2ccnc(N4CC5(CN(CC6CCN(c7ccc8c(c7)C(=O)N(C7CCC(=O)NC7=O)C8=O)CC6)C5)C4)c2)=NC3)[C@@H](C)n2nnnc2N1C. The van der Waals surface area contributed by atoms with Crippen LogP contribution in [0.2, 0.25) is 0 Å². The van der Waals surface area contributed by atoms with Crippen molar-refractivity contribution in [1.29, 1.82) is 0 Å². The number of rotatable bonds is 8. The Labute approximate surface area is 363 Å². The average molecular weight is 850 g/mol. The molecule has 0 aliphatic carbocycles. The smallest absolute Gasteiger partial charge is 0.262 e. The minimum absolute atomic E-state index is 0.0950. The van der Waals surface area contributed by atoms with Crippen LogP contribution in [-0.4, -0.2) is 129 Å². The summed E-state index contributed by atoms with van der Waals surface area (Å²) in [6.07, 6.45) is 4.17. The monoisotopic (exact) mass is 849 g/mol. The number of carbonyl (C=O) groups is 5. The number of anilines is 4. The Balaban J connectivity index is 0.669. The Morgan fingerprint density at radius 1 is 0.905 bits per heavy atom. The molecule has 322 valence electrons. The second-order valence-electron chi connectivity index (χ2n) is 18.2. The van der Waals surface area contributed by atoms with Crippen LogP contribution >= 0.6 is 0 Å². The van der Waals surface area contributed by atoms with Crippen molar-refractivity contribution in [3.63, 3.8) is 0 Å². The lowest BCUT2D eigenvalue weighted by atomic mass is 9.72. The number of piperidine rings is 2. The molecule has 11 rings (SSSR count). The van der Waals surface area contributed by atoms with E-state index in [4.69, 9.17) is 9.98 Å². The number of hydrogen-bond donors (Lipinski definition) is 2. The predicted molar refractivity (Wildman–Crippen MR) is 231 cm³/mol. The van der Waals surface area contributed by atoms with Crippen LogP contribution in [0.15, 0.2) is 71.0 Å². The van der Waals surface area contributed by atoms with Gasteiger partial charge >= 0.3 is 0 Å². The van der Waals surface area contributed by atoms with Gasteiger partial charge < -0.3 is 24.9 Å². The van der Waals surface area contributed by atoms with Gasteiger partial charge in [0.2, 0.25) is 17.8 Å². The summed E-state index contributed by atoms with van der Waals surface area (Å²) >= 11 is 0. The highest BCUT2D eigenvalue weighted by atomic mass is 16.2. The molecule has 7 aliphatic rings. The molecule has 63 heavy (non-hydrogen) atoms. The van der Waals surface area contributed by atoms with Gasteiger partial charge in [0.25, 0.3) is 17.7 Å². The lowest BCUT2D eigenvalue weighted by Crippen LogP contribution is -2.72. The summed E-state index contributed by atoms with van der Waals surface area (Å²) in [6.45, 7) is 11.3. The number of amides is 5. The third kappa shape index (κ3) is 6.48. The quantitative estimate of drug-likeness (QED) is 0.246. The van der Waals surface area contributed by atoms with E-state index in [0.717, 1.165) is 103 Å². The number of fused-ring (bicyclic) bond motifs is 3. The van der Waals surface area contributed by atoms with Gasteiger partial charge in [-0.15, -0.1) is 0 Å². The van der Waals surface area contributed by atoms with Crippen molar-refractivity contribution < 1.29 is 24.0 Å². The molecule has 0 bridgehead atoms. The fourth-order valence-electron chi connectivity index (χ4n) is 10.8. The van der Waals surface area contributed by atoms with Gasteiger partial charge in [0, 0.05) is 99.1 Å². The molecule has 18 heteroatoms. The van der Waals surface area contributed by atoms with E-state index < -0.39 is 23.8 Å². The second-order valence-corrected chi connectivity index (χ2v) is 18.2. The molecule has 9 heterocycles. The van der Waals surface area contributed by atoms with Crippen molar-refractivity contribution in [3.8, 4) is 0 Å². The zero-order valence-electron chi connectivity index (χ0n) is 35.4. The lowest BCUT2D eigenvalue weighted by Gasteiger charge is -2.61. The third-order valence-electron chi connectivity index (χ3n) is 14.2. The number of likely N-dealkylation sites (tertiary alicyclic amines) is 1. The fourth-order valence-corrected chi connectivity index (χ4v) is 10.8. The van der Waals surface area contributed by atoms with E-state index in [9.17, 15) is 24.0 Å². The van der Waals surface area contributed by atoms with Crippen molar-refractivity contribution in [1.82, 2.24) is 40.3 Å². The van der Waals surface area contributed by atoms with E-state index >= 15 is 0 Å². The van der Waals surface area contributed by atoms with E-state index in [-0.39, 0.29) is 36.1 Å². The van der Waals surface area contributed by atoms with E-state index in [1.807, 2.05) is 62.3 Å². The Bertz CT molecular complexity index is 2700. The molecule has 5 amide bonds. The number of nitrogens with one attached hydrogen (secondary N) is 2. The van der Waals surface area contributed by atoms with Gasteiger partial charge in [0.05, 0.1) is 35.0 Å². The van der Waals surface area contributed by atoms with Gasteiger partial charge in [-0.05, 0) is 97.5 Å². The first-order valence-electron chi connectivity index (χ1n) is 21.7. The number of benzene rings is 2. The van der Waals surface area contributed by atoms with Gasteiger partial charge in [0.1, 0.15) is 11.9 Å². The lowest BCUT2D eigenvalue weighted by molar-refractivity contribution is -0.136. The number of pyridine rings is 1. The van der Waals surface area contributed by atoms with Crippen molar-refractivity contribution in [2.24, 2.45) is 16.3 Å².